The summed E-state index contributed by atoms with van der Waals surface area (Å²) in [7, 11) is 0. The lowest BCUT2D eigenvalue weighted by atomic mass is 10.0. The molecule has 6 nitrogen and oxygen atoms in total. The molecule has 0 spiro atoms. The van der Waals surface area contributed by atoms with Gasteiger partial charge in [0.05, 0.1) is 38.1 Å². The van der Waals surface area contributed by atoms with Crippen LogP contribution >= 0.6 is 0 Å². The van der Waals surface area contributed by atoms with Crippen LogP contribution < -0.4 is 0 Å². The second-order valence-corrected chi connectivity index (χ2v) is 7.21. The highest BCUT2D eigenvalue weighted by Crippen LogP contribution is 2.30. The first-order valence-electron chi connectivity index (χ1n) is 9.88. The fraction of sp³-hybridized carbons (Fsp3) is 0.545. The molecule has 3 rings (SSSR count). The molecule has 0 amide bonds. The summed E-state index contributed by atoms with van der Waals surface area (Å²) in [5.41, 5.74) is 1.11. The third-order valence-corrected chi connectivity index (χ3v) is 4.99. The Morgan fingerprint density at radius 1 is 1.25 bits per heavy atom. The molecule has 4 atom stereocenters. The summed E-state index contributed by atoms with van der Waals surface area (Å²) in [6.07, 6.45) is 5.37. The Balaban J connectivity index is 1.54. The zero-order valence-corrected chi connectivity index (χ0v) is 16.3. The standard InChI is InChI=1S/C22H28O6/c1-16(23)25-11-6-10-20-22(27-15-17-7-3-2-4-8-17)14-18(28-20)13-21-19(24)9-5-12-26-21/h2-5,7-9,18,20-22H,6,10-15H2,1H3/t18-,20+,21+,22+/m0/s1. The summed E-state index contributed by atoms with van der Waals surface area (Å²) in [5, 5.41) is 0. The van der Waals surface area contributed by atoms with Gasteiger partial charge in [0, 0.05) is 19.8 Å². The first kappa shape index (κ1) is 20.7. The van der Waals surface area contributed by atoms with Gasteiger partial charge < -0.3 is 18.9 Å². The molecular weight excluding hydrogens is 360 g/mol. The second kappa shape index (κ2) is 10.5. The maximum absolute atomic E-state index is 12.0. The molecule has 2 aliphatic heterocycles. The fourth-order valence-corrected chi connectivity index (χ4v) is 3.61. The minimum atomic E-state index is -0.440. The lowest BCUT2D eigenvalue weighted by Crippen LogP contribution is -2.30. The molecule has 2 heterocycles. The van der Waals surface area contributed by atoms with Gasteiger partial charge in [0.25, 0.3) is 0 Å². The topological polar surface area (TPSA) is 71.1 Å². The number of carbonyl (C=O) groups excluding carboxylic acids is 2. The lowest BCUT2D eigenvalue weighted by Gasteiger charge is -2.21. The highest BCUT2D eigenvalue weighted by Gasteiger charge is 2.38. The zero-order valence-electron chi connectivity index (χ0n) is 16.3. The molecule has 0 bridgehead atoms. The number of rotatable bonds is 9. The van der Waals surface area contributed by atoms with E-state index in [1.807, 2.05) is 30.3 Å². The van der Waals surface area contributed by atoms with Crippen LogP contribution in [0.5, 0.6) is 0 Å². The van der Waals surface area contributed by atoms with Crippen molar-refractivity contribution in [1.82, 2.24) is 0 Å². The lowest BCUT2D eigenvalue weighted by molar-refractivity contribution is -0.141. The third-order valence-electron chi connectivity index (χ3n) is 4.99. The Labute approximate surface area is 165 Å². The van der Waals surface area contributed by atoms with Crippen molar-refractivity contribution in [2.24, 2.45) is 0 Å². The van der Waals surface area contributed by atoms with Gasteiger partial charge >= 0.3 is 5.97 Å². The molecule has 152 valence electrons. The maximum atomic E-state index is 12.0. The second-order valence-electron chi connectivity index (χ2n) is 7.21. The predicted octanol–water partition coefficient (Wildman–Crippen LogP) is 2.99. The van der Waals surface area contributed by atoms with Gasteiger partial charge in [-0.05, 0) is 24.5 Å². The van der Waals surface area contributed by atoms with Gasteiger partial charge in [-0.2, -0.15) is 0 Å². The highest BCUT2D eigenvalue weighted by atomic mass is 16.6. The van der Waals surface area contributed by atoms with Crippen molar-refractivity contribution in [2.75, 3.05) is 13.2 Å². The van der Waals surface area contributed by atoms with Crippen molar-refractivity contribution in [3.63, 3.8) is 0 Å². The van der Waals surface area contributed by atoms with Crippen LogP contribution in [0.4, 0.5) is 0 Å². The van der Waals surface area contributed by atoms with Gasteiger partial charge in [-0.3, -0.25) is 9.59 Å². The SMILES string of the molecule is CC(=O)OCCC[C@H]1O[C@@H](C[C@H]2OCC=CC2=O)C[C@H]1OCc1ccccc1. The van der Waals surface area contributed by atoms with E-state index in [4.69, 9.17) is 18.9 Å². The van der Waals surface area contributed by atoms with Gasteiger partial charge in [0.15, 0.2) is 5.78 Å². The van der Waals surface area contributed by atoms with Crippen LogP contribution in [0.15, 0.2) is 42.5 Å². The first-order chi connectivity index (χ1) is 13.6. The van der Waals surface area contributed by atoms with E-state index in [9.17, 15) is 9.59 Å². The Kier molecular flexibility index (Phi) is 7.77. The predicted molar refractivity (Wildman–Crippen MR) is 103 cm³/mol. The normalized spacial score (nSPS) is 27.1. The number of ketones is 1. The Bertz CT molecular complexity index is 671. The first-order valence-corrected chi connectivity index (χ1v) is 9.88. The van der Waals surface area contributed by atoms with E-state index in [0.717, 1.165) is 18.4 Å². The van der Waals surface area contributed by atoms with Gasteiger partial charge in [-0.1, -0.05) is 36.4 Å². The Hall–Kier alpha value is -2.02. The average molecular weight is 388 g/mol. The highest BCUT2D eigenvalue weighted by molar-refractivity contribution is 5.94. The van der Waals surface area contributed by atoms with Crippen LogP contribution in [-0.4, -0.2) is 49.4 Å². The fourth-order valence-electron chi connectivity index (χ4n) is 3.61. The Morgan fingerprint density at radius 2 is 2.07 bits per heavy atom. The number of carbonyl (C=O) groups is 2. The number of hydrogen-bond donors (Lipinski definition) is 0. The van der Waals surface area contributed by atoms with Gasteiger partial charge in [0.2, 0.25) is 0 Å². The van der Waals surface area contributed by atoms with Crippen LogP contribution in [0.25, 0.3) is 0 Å². The molecule has 1 aromatic rings. The van der Waals surface area contributed by atoms with E-state index in [2.05, 4.69) is 0 Å². The molecule has 1 aromatic carbocycles. The molecular formula is C22H28O6. The van der Waals surface area contributed by atoms with Gasteiger partial charge in [-0.15, -0.1) is 0 Å². The molecule has 1 fully saturated rings. The zero-order chi connectivity index (χ0) is 19.8. The molecule has 1 saturated heterocycles. The van der Waals surface area contributed by atoms with Crippen LogP contribution in [0.2, 0.25) is 0 Å². The van der Waals surface area contributed by atoms with E-state index in [-0.39, 0.29) is 30.1 Å². The molecule has 28 heavy (non-hydrogen) atoms. The van der Waals surface area contributed by atoms with Crippen LogP contribution in [-0.2, 0) is 35.1 Å². The summed E-state index contributed by atoms with van der Waals surface area (Å²) >= 11 is 0. The molecule has 0 aromatic heterocycles. The number of ether oxygens (including phenoxy) is 4. The van der Waals surface area contributed by atoms with Crippen molar-refractivity contribution < 1.29 is 28.5 Å². The number of hydrogen-bond acceptors (Lipinski definition) is 6. The minimum absolute atomic E-state index is 0.00471. The van der Waals surface area contributed by atoms with Crippen LogP contribution in [0.1, 0.15) is 38.2 Å². The van der Waals surface area contributed by atoms with E-state index in [0.29, 0.717) is 32.7 Å². The molecule has 0 aliphatic carbocycles. The number of esters is 1. The molecule has 0 radical (unpaired) electrons. The summed E-state index contributed by atoms with van der Waals surface area (Å²) in [6.45, 7) is 2.76. The molecule has 6 heteroatoms. The largest absolute Gasteiger partial charge is 0.466 e. The summed E-state index contributed by atoms with van der Waals surface area (Å²) in [4.78, 5) is 22.9. The Morgan fingerprint density at radius 3 is 2.82 bits per heavy atom. The van der Waals surface area contributed by atoms with Crippen molar-refractivity contribution >= 4 is 11.8 Å². The average Bonchev–Trinajstić information content (AvgIpc) is 3.08. The summed E-state index contributed by atoms with van der Waals surface area (Å²) in [6, 6.07) is 10.0. The van der Waals surface area contributed by atoms with Gasteiger partial charge in [-0.25, -0.2) is 0 Å². The van der Waals surface area contributed by atoms with Crippen molar-refractivity contribution in [1.29, 1.82) is 0 Å². The number of benzene rings is 1. The van der Waals surface area contributed by atoms with Crippen molar-refractivity contribution in [3.05, 3.63) is 48.0 Å². The van der Waals surface area contributed by atoms with Crippen molar-refractivity contribution in [2.45, 2.75) is 63.6 Å². The summed E-state index contributed by atoms with van der Waals surface area (Å²) in [5.74, 6) is -0.280. The minimum Gasteiger partial charge on any atom is -0.466 e. The monoisotopic (exact) mass is 388 g/mol. The third kappa shape index (κ3) is 6.26. The van der Waals surface area contributed by atoms with E-state index < -0.39 is 6.10 Å². The quantitative estimate of drug-likeness (QED) is 0.478. The van der Waals surface area contributed by atoms with Crippen molar-refractivity contribution in [3.8, 4) is 0 Å². The maximum Gasteiger partial charge on any atom is 0.302 e. The molecule has 0 unspecified atom stereocenters. The van der Waals surface area contributed by atoms with E-state index >= 15 is 0 Å². The van der Waals surface area contributed by atoms with Crippen LogP contribution in [0.3, 0.4) is 0 Å². The molecule has 2 aliphatic rings. The van der Waals surface area contributed by atoms with E-state index in [1.54, 1.807) is 12.2 Å². The van der Waals surface area contributed by atoms with Gasteiger partial charge in [0.1, 0.15) is 6.10 Å². The van der Waals surface area contributed by atoms with Crippen LogP contribution in [0, 0.1) is 0 Å². The molecule has 0 saturated carbocycles. The summed E-state index contributed by atoms with van der Waals surface area (Å²) < 4.78 is 22.9. The van der Waals surface area contributed by atoms with E-state index in [1.165, 1.54) is 6.92 Å². The molecule has 0 N–H and O–H groups in total. The smallest absolute Gasteiger partial charge is 0.302 e.